The number of hydrogen-bond donors (Lipinski definition) is 4. The maximum Gasteiger partial charge on any atom is 0.303 e. The van der Waals surface area contributed by atoms with Gasteiger partial charge in [0.2, 0.25) is 5.91 Å². The predicted molar refractivity (Wildman–Crippen MR) is 319 cm³/mol. The number of aryl methyl sites for hydroxylation is 3. The highest BCUT2D eigenvalue weighted by molar-refractivity contribution is 6.17. The summed E-state index contributed by atoms with van der Waals surface area (Å²) in [6.07, 6.45) is 5.90. The molecule has 0 radical (unpaired) electrons. The molecule has 0 bridgehead atoms. The van der Waals surface area contributed by atoms with Crippen LogP contribution in [-0.2, 0) is 96.0 Å². The van der Waals surface area contributed by atoms with Crippen molar-refractivity contribution in [3.05, 3.63) is 113 Å². The Labute approximate surface area is 509 Å². The average molecular weight is 1220 g/mol. The Morgan fingerprint density at radius 3 is 1.92 bits per heavy atom. The number of carbonyl (C=O) groups excluding carboxylic acids is 2. The van der Waals surface area contributed by atoms with Crippen LogP contribution < -0.4 is 30.5 Å². The lowest BCUT2D eigenvalue weighted by molar-refractivity contribution is -0.739. The summed E-state index contributed by atoms with van der Waals surface area (Å²) in [6.45, 7) is 11.6. The molecule has 5 aromatic rings. The summed E-state index contributed by atoms with van der Waals surface area (Å²) >= 11 is 5.82. The van der Waals surface area contributed by atoms with Crippen LogP contribution in [0.5, 0.6) is 11.5 Å². The smallest absolute Gasteiger partial charge is 0.303 e. The van der Waals surface area contributed by atoms with Crippen LogP contribution in [0.3, 0.4) is 0 Å². The summed E-state index contributed by atoms with van der Waals surface area (Å²) in [5.41, 5.74) is 13.2. The lowest BCUT2D eigenvalue weighted by Gasteiger charge is -2.11. The second kappa shape index (κ2) is 44.1. The minimum Gasteiger partial charge on any atom is -0.496 e. The first-order chi connectivity index (χ1) is 42.1. The van der Waals surface area contributed by atoms with Crippen LogP contribution in [-0.4, -0.2) is 188 Å². The first-order valence-electron chi connectivity index (χ1n) is 29.3. The fourth-order valence-corrected chi connectivity index (χ4v) is 8.30. The third-order valence-electron chi connectivity index (χ3n) is 12.8. The number of carboxylic acids is 1. The highest BCUT2D eigenvalue weighted by atomic mass is 35.5. The van der Waals surface area contributed by atoms with E-state index in [1.54, 1.807) is 28.6 Å². The monoisotopic (exact) mass is 1220 g/mol. The molecule has 3 aromatic carbocycles. The second-order valence-corrected chi connectivity index (χ2v) is 19.8. The molecule has 5 N–H and O–H groups in total. The Hall–Kier alpha value is -6.42. The molecular formula is C61H88ClN8O16+. The van der Waals surface area contributed by atoms with Crippen molar-refractivity contribution in [3.63, 3.8) is 0 Å². The molecule has 2 heterocycles. The lowest BCUT2D eigenvalue weighted by atomic mass is 10.0. The predicted octanol–water partition coefficient (Wildman–Crippen LogP) is 5.33. The topological polar surface area (TPSA) is 280 Å². The van der Waals surface area contributed by atoms with E-state index >= 15 is 0 Å². The number of aromatic nitrogens is 5. The van der Waals surface area contributed by atoms with Gasteiger partial charge in [0.05, 0.1) is 145 Å². The molecule has 5 rings (SSSR count). The van der Waals surface area contributed by atoms with E-state index in [0.717, 1.165) is 46.5 Å². The zero-order chi connectivity index (χ0) is 61.1. The molecular weight excluding hydrogens is 1140 g/mol. The van der Waals surface area contributed by atoms with E-state index in [4.69, 9.17) is 84.4 Å². The van der Waals surface area contributed by atoms with Gasteiger partial charge in [0.25, 0.3) is 11.7 Å². The van der Waals surface area contributed by atoms with Crippen molar-refractivity contribution in [2.75, 3.05) is 151 Å². The van der Waals surface area contributed by atoms with Crippen LogP contribution in [0.1, 0.15) is 70.4 Å². The van der Waals surface area contributed by atoms with Gasteiger partial charge in [-0.3, -0.25) is 20.1 Å². The minimum absolute atomic E-state index is 0.0811. The normalized spacial score (nSPS) is 11.3. The highest BCUT2D eigenvalue weighted by Crippen LogP contribution is 2.24. The van der Waals surface area contributed by atoms with E-state index in [2.05, 4.69) is 39.1 Å². The van der Waals surface area contributed by atoms with Gasteiger partial charge in [-0.05, 0) is 104 Å². The number of halogens is 1. The van der Waals surface area contributed by atoms with Gasteiger partial charge < -0.3 is 72.6 Å². The Bertz CT molecular complexity index is 2650. The van der Waals surface area contributed by atoms with Crippen molar-refractivity contribution < 1.29 is 81.0 Å². The van der Waals surface area contributed by atoms with E-state index in [1.807, 2.05) is 55.6 Å². The van der Waals surface area contributed by atoms with E-state index in [1.165, 1.54) is 5.56 Å². The molecule has 2 amide bonds. The number of unbranched alkanes of at least 4 members (excludes halogenated alkanes) is 1. The number of nitrogens with two attached hydrogens (primary N) is 1. The maximum absolute atomic E-state index is 12.6. The van der Waals surface area contributed by atoms with Crippen LogP contribution in [0.4, 0.5) is 5.82 Å². The van der Waals surface area contributed by atoms with Gasteiger partial charge in [-0.15, -0.1) is 21.4 Å². The summed E-state index contributed by atoms with van der Waals surface area (Å²) in [5, 5.41) is 27.6. The van der Waals surface area contributed by atoms with Gasteiger partial charge in [0.1, 0.15) is 29.4 Å². The third-order valence-corrected chi connectivity index (χ3v) is 13.1. The second-order valence-electron chi connectivity index (χ2n) is 19.5. The number of carbonyl (C=O) groups is 3. The maximum atomic E-state index is 12.6. The number of hydrogen-bond acceptors (Lipinski definition) is 19. The van der Waals surface area contributed by atoms with Gasteiger partial charge in [-0.25, -0.2) is 4.68 Å². The Balaban J connectivity index is 0.726. The number of carboxylic acid groups (broad SMARTS) is 1. The Morgan fingerprint density at radius 1 is 0.651 bits per heavy atom. The number of anilines is 1. The van der Waals surface area contributed by atoms with Crippen molar-refractivity contribution in [3.8, 4) is 22.8 Å². The summed E-state index contributed by atoms with van der Waals surface area (Å²) < 4.78 is 70.6. The summed E-state index contributed by atoms with van der Waals surface area (Å²) in [4.78, 5) is 35.8. The zero-order valence-electron chi connectivity index (χ0n) is 49.9. The van der Waals surface area contributed by atoms with Gasteiger partial charge in [0.15, 0.2) is 6.79 Å². The minimum atomic E-state index is -0.811. The average Bonchev–Trinajstić information content (AvgIpc) is 2.84. The quantitative estimate of drug-likeness (QED) is 0.0166. The molecule has 0 fully saturated rings. The van der Waals surface area contributed by atoms with Crippen molar-refractivity contribution in [1.29, 1.82) is 0 Å². The fraction of sp³-hybridized carbons (Fsp3) is 0.557. The first-order valence-corrected chi connectivity index (χ1v) is 29.8. The van der Waals surface area contributed by atoms with Crippen molar-refractivity contribution in [2.45, 2.75) is 78.1 Å². The van der Waals surface area contributed by atoms with Gasteiger partial charge in [-0.2, -0.15) is 0 Å². The molecule has 86 heavy (non-hydrogen) atoms. The molecule has 2 aromatic heterocycles. The lowest BCUT2D eigenvalue weighted by Crippen LogP contribution is -2.41. The molecule has 0 saturated heterocycles. The molecule has 0 saturated carbocycles. The van der Waals surface area contributed by atoms with Crippen LogP contribution in [0.2, 0.25) is 0 Å². The molecule has 0 aliphatic carbocycles. The number of rotatable bonds is 51. The largest absolute Gasteiger partial charge is 0.496 e. The molecule has 0 aliphatic heterocycles. The molecule has 0 unspecified atom stereocenters. The van der Waals surface area contributed by atoms with Crippen LogP contribution in [0, 0.1) is 6.92 Å². The number of aliphatic carboxylic acids is 1. The van der Waals surface area contributed by atoms with Crippen molar-refractivity contribution in [2.24, 2.45) is 0 Å². The molecule has 0 aliphatic rings. The number of nitrogens with zero attached hydrogens (tertiary/aromatic N) is 5. The number of ether oxygens (including phenoxy) is 12. The van der Waals surface area contributed by atoms with Crippen LogP contribution in [0.15, 0.2) is 79.0 Å². The molecule has 24 nitrogen and oxygen atoms in total. The number of nitrogen functional groups attached to an aromatic ring is 1. The summed E-state index contributed by atoms with van der Waals surface area (Å²) in [5.74, 6) is 1.52. The zero-order valence-corrected chi connectivity index (χ0v) is 50.7. The van der Waals surface area contributed by atoms with E-state index in [0.29, 0.717) is 193 Å². The van der Waals surface area contributed by atoms with E-state index < -0.39 is 5.97 Å². The SMILES string of the molecule is COc1cc(CCCCl)ccc1CCOCCNC(=O)c1ccc(CNC(=O)CCOCCOCCn2cc(COCCOCCOCCOCCOCCOCCOCOc3ccc(-c4n[n+](CCCCC(=O)O)c(N)cc4C)cc3)nn2)cc1. The molecule has 25 heteroatoms. The summed E-state index contributed by atoms with van der Waals surface area (Å²) in [6, 6.07) is 22.7. The third kappa shape index (κ3) is 30.3. The van der Waals surface area contributed by atoms with Crippen molar-refractivity contribution >= 4 is 35.2 Å². The molecule has 0 atom stereocenters. The molecule has 474 valence electrons. The Kier molecular flexibility index (Phi) is 36.1. The first kappa shape index (κ1) is 70.3. The summed E-state index contributed by atoms with van der Waals surface area (Å²) in [7, 11) is 1.67. The molecule has 0 spiro atoms. The number of amides is 2. The Morgan fingerprint density at radius 2 is 1.27 bits per heavy atom. The van der Waals surface area contributed by atoms with Crippen molar-refractivity contribution in [1.82, 2.24) is 30.7 Å². The highest BCUT2D eigenvalue weighted by Gasteiger charge is 2.15. The number of alkyl halides is 1. The van der Waals surface area contributed by atoms with Gasteiger partial charge in [0, 0.05) is 49.0 Å². The fourth-order valence-electron chi connectivity index (χ4n) is 8.16. The van der Waals surface area contributed by atoms with Crippen LogP contribution in [0.25, 0.3) is 11.3 Å². The van der Waals surface area contributed by atoms with E-state index in [9.17, 15) is 14.4 Å². The van der Waals surface area contributed by atoms with Crippen LogP contribution >= 0.6 is 11.6 Å². The number of nitrogens with one attached hydrogen (secondary N) is 2. The van der Waals surface area contributed by atoms with E-state index in [-0.39, 0.29) is 38.1 Å². The van der Waals surface area contributed by atoms with Gasteiger partial charge in [-0.1, -0.05) is 34.6 Å². The number of benzene rings is 3. The standard InChI is InChI=1S/C61H87ClN8O16/c1-48-42-57(63)70(22-4-3-7-59(72)73)67-60(48)52-14-16-55(17-15-52)86-47-85-41-39-83-37-35-81-33-31-79-30-32-80-34-36-82-38-40-84-46-54-45-69(68-66-54)23-27-78-29-28-77-25-19-58(71)65-44-50-9-12-53(13-10-50)61(74)64-21-26-76-24-18-51-11-8-49(6-5-20-62)43-56(51)75-2/h8-17,42-43,45,63H,3-7,18-41,44,46-47H2,1-2H3,(H3,64,65,71,72,73,74)/p+1. The van der Waals surface area contributed by atoms with Gasteiger partial charge >= 0.3 is 5.97 Å². The number of methoxy groups -OCH3 is 1.